The molecular weight excluding hydrogens is 310 g/mol. The van der Waals surface area contributed by atoms with Gasteiger partial charge in [-0.25, -0.2) is 17.8 Å². The standard InChI is InChI=1S/C13H9F4NO2S/c1-21(19,20)9-4-2-8(3-5-9)12-10(14)6-7-11(18-12)13(15,16)17/h2-7H,1H3. The lowest BCUT2D eigenvalue weighted by atomic mass is 10.1. The summed E-state index contributed by atoms with van der Waals surface area (Å²) < 4.78 is 73.9. The van der Waals surface area contributed by atoms with E-state index in [1.165, 1.54) is 24.3 Å². The van der Waals surface area contributed by atoms with Crippen molar-refractivity contribution in [3.63, 3.8) is 0 Å². The van der Waals surface area contributed by atoms with Crippen LogP contribution in [-0.2, 0) is 16.0 Å². The van der Waals surface area contributed by atoms with Crippen LogP contribution in [0, 0.1) is 5.82 Å². The van der Waals surface area contributed by atoms with Crippen LogP contribution in [-0.4, -0.2) is 19.7 Å². The Bertz CT molecular complexity index is 768. The van der Waals surface area contributed by atoms with Crippen molar-refractivity contribution >= 4 is 9.84 Å². The van der Waals surface area contributed by atoms with Gasteiger partial charge in [-0.3, -0.25) is 0 Å². The van der Waals surface area contributed by atoms with Crippen LogP contribution in [0.5, 0.6) is 0 Å². The number of hydrogen-bond acceptors (Lipinski definition) is 3. The first-order chi connectivity index (χ1) is 9.59. The maximum Gasteiger partial charge on any atom is 0.433 e. The summed E-state index contributed by atoms with van der Waals surface area (Å²) in [7, 11) is -3.44. The lowest BCUT2D eigenvalue weighted by Crippen LogP contribution is -2.09. The number of halogens is 4. The molecule has 0 radical (unpaired) electrons. The van der Waals surface area contributed by atoms with Crippen molar-refractivity contribution in [2.75, 3.05) is 6.26 Å². The normalized spacial score (nSPS) is 12.4. The highest BCUT2D eigenvalue weighted by Crippen LogP contribution is 2.31. The molecular formula is C13H9F4NO2S. The first-order valence-electron chi connectivity index (χ1n) is 5.63. The van der Waals surface area contributed by atoms with Crippen molar-refractivity contribution < 1.29 is 26.0 Å². The predicted molar refractivity (Wildman–Crippen MR) is 67.7 cm³/mol. The zero-order valence-electron chi connectivity index (χ0n) is 10.6. The van der Waals surface area contributed by atoms with E-state index in [0.717, 1.165) is 6.26 Å². The fourth-order valence-electron chi connectivity index (χ4n) is 1.66. The van der Waals surface area contributed by atoms with E-state index in [0.29, 0.717) is 12.1 Å². The Balaban J connectivity index is 2.52. The molecule has 0 fully saturated rings. The van der Waals surface area contributed by atoms with Gasteiger partial charge in [-0.2, -0.15) is 13.2 Å². The van der Waals surface area contributed by atoms with E-state index in [9.17, 15) is 26.0 Å². The molecule has 0 aliphatic carbocycles. The summed E-state index contributed by atoms with van der Waals surface area (Å²) in [6.45, 7) is 0. The van der Waals surface area contributed by atoms with Gasteiger partial charge in [0.25, 0.3) is 0 Å². The monoisotopic (exact) mass is 319 g/mol. The van der Waals surface area contributed by atoms with Gasteiger partial charge in [-0.1, -0.05) is 12.1 Å². The third kappa shape index (κ3) is 3.38. The summed E-state index contributed by atoms with van der Waals surface area (Å²) >= 11 is 0. The van der Waals surface area contributed by atoms with E-state index < -0.39 is 33.2 Å². The largest absolute Gasteiger partial charge is 0.433 e. The third-order valence-corrected chi connectivity index (χ3v) is 3.82. The molecule has 0 amide bonds. The van der Waals surface area contributed by atoms with Gasteiger partial charge in [0.2, 0.25) is 0 Å². The molecule has 2 aromatic rings. The van der Waals surface area contributed by atoms with Crippen LogP contribution in [0.25, 0.3) is 11.3 Å². The molecule has 0 atom stereocenters. The molecule has 1 aromatic heterocycles. The van der Waals surface area contributed by atoms with Crippen LogP contribution in [0.3, 0.4) is 0 Å². The van der Waals surface area contributed by atoms with E-state index in [1.807, 2.05) is 0 Å². The molecule has 0 aliphatic rings. The minimum atomic E-state index is -4.69. The van der Waals surface area contributed by atoms with Crippen molar-refractivity contribution in [2.45, 2.75) is 11.1 Å². The molecule has 2 rings (SSSR count). The summed E-state index contributed by atoms with van der Waals surface area (Å²) in [6.07, 6.45) is -3.69. The number of rotatable bonds is 2. The van der Waals surface area contributed by atoms with E-state index in [4.69, 9.17) is 0 Å². The van der Waals surface area contributed by atoms with Gasteiger partial charge >= 0.3 is 6.18 Å². The Labute approximate surface area is 118 Å². The van der Waals surface area contributed by atoms with Gasteiger partial charge in [0.15, 0.2) is 9.84 Å². The van der Waals surface area contributed by atoms with Gasteiger partial charge in [-0.05, 0) is 24.3 Å². The fourth-order valence-corrected chi connectivity index (χ4v) is 2.29. The molecule has 0 unspecified atom stereocenters. The Morgan fingerprint density at radius 2 is 1.57 bits per heavy atom. The van der Waals surface area contributed by atoms with Crippen LogP contribution < -0.4 is 0 Å². The van der Waals surface area contributed by atoms with Gasteiger partial charge in [-0.15, -0.1) is 0 Å². The van der Waals surface area contributed by atoms with Crippen molar-refractivity contribution in [1.29, 1.82) is 0 Å². The molecule has 0 saturated heterocycles. The van der Waals surface area contributed by atoms with E-state index in [-0.39, 0.29) is 10.5 Å². The predicted octanol–water partition coefficient (Wildman–Crippen LogP) is 3.31. The van der Waals surface area contributed by atoms with Crippen LogP contribution in [0.1, 0.15) is 5.69 Å². The smallest absolute Gasteiger partial charge is 0.240 e. The van der Waals surface area contributed by atoms with Crippen molar-refractivity contribution in [3.05, 3.63) is 47.9 Å². The number of nitrogens with zero attached hydrogens (tertiary/aromatic N) is 1. The molecule has 112 valence electrons. The summed E-state index contributed by atoms with van der Waals surface area (Å²) in [5.41, 5.74) is -1.64. The van der Waals surface area contributed by atoms with Crippen LogP contribution >= 0.6 is 0 Å². The molecule has 1 aromatic carbocycles. The van der Waals surface area contributed by atoms with Crippen molar-refractivity contribution in [2.24, 2.45) is 0 Å². The average Bonchev–Trinajstić information content (AvgIpc) is 2.37. The Morgan fingerprint density at radius 3 is 2.05 bits per heavy atom. The Kier molecular flexibility index (Phi) is 3.75. The van der Waals surface area contributed by atoms with Crippen molar-refractivity contribution in [3.8, 4) is 11.3 Å². The first-order valence-corrected chi connectivity index (χ1v) is 7.52. The number of aromatic nitrogens is 1. The zero-order chi connectivity index (χ0) is 15.8. The molecule has 0 aliphatic heterocycles. The molecule has 3 nitrogen and oxygen atoms in total. The molecule has 0 saturated carbocycles. The summed E-state index contributed by atoms with van der Waals surface area (Å²) in [4.78, 5) is 3.24. The van der Waals surface area contributed by atoms with Crippen LogP contribution in [0.15, 0.2) is 41.3 Å². The summed E-state index contributed by atoms with van der Waals surface area (Å²) in [6, 6.07) is 6.02. The highest BCUT2D eigenvalue weighted by Gasteiger charge is 2.33. The summed E-state index contributed by atoms with van der Waals surface area (Å²) in [5.74, 6) is -0.921. The van der Waals surface area contributed by atoms with E-state index in [2.05, 4.69) is 4.98 Å². The van der Waals surface area contributed by atoms with E-state index in [1.54, 1.807) is 0 Å². The minimum absolute atomic E-state index is 0.0152. The quantitative estimate of drug-likeness (QED) is 0.798. The molecule has 0 bridgehead atoms. The second kappa shape index (κ2) is 5.10. The SMILES string of the molecule is CS(=O)(=O)c1ccc(-c2nc(C(F)(F)F)ccc2F)cc1. The van der Waals surface area contributed by atoms with Gasteiger partial charge in [0, 0.05) is 11.8 Å². The zero-order valence-corrected chi connectivity index (χ0v) is 11.5. The van der Waals surface area contributed by atoms with E-state index >= 15 is 0 Å². The van der Waals surface area contributed by atoms with Crippen LogP contribution in [0.4, 0.5) is 17.6 Å². The molecule has 0 spiro atoms. The molecule has 21 heavy (non-hydrogen) atoms. The van der Waals surface area contributed by atoms with Gasteiger partial charge in [0.05, 0.1) is 4.90 Å². The highest BCUT2D eigenvalue weighted by molar-refractivity contribution is 7.90. The fraction of sp³-hybridized carbons (Fsp3) is 0.154. The maximum absolute atomic E-state index is 13.6. The number of sulfone groups is 1. The van der Waals surface area contributed by atoms with Crippen LogP contribution in [0.2, 0.25) is 0 Å². The number of benzene rings is 1. The summed E-state index contributed by atoms with van der Waals surface area (Å²) in [5, 5.41) is 0. The number of alkyl halides is 3. The minimum Gasteiger partial charge on any atom is -0.240 e. The number of pyridine rings is 1. The molecule has 0 N–H and O–H groups in total. The molecule has 8 heteroatoms. The topological polar surface area (TPSA) is 47.0 Å². The third-order valence-electron chi connectivity index (χ3n) is 2.69. The lowest BCUT2D eigenvalue weighted by molar-refractivity contribution is -0.141. The maximum atomic E-state index is 13.6. The Hall–Kier alpha value is -1.96. The second-order valence-electron chi connectivity index (χ2n) is 4.32. The molecule has 1 heterocycles. The first kappa shape index (κ1) is 15.4. The second-order valence-corrected chi connectivity index (χ2v) is 6.34. The van der Waals surface area contributed by atoms with Gasteiger partial charge in [0.1, 0.15) is 17.2 Å². The highest BCUT2D eigenvalue weighted by atomic mass is 32.2. The number of hydrogen-bond donors (Lipinski definition) is 0. The van der Waals surface area contributed by atoms with Crippen molar-refractivity contribution in [1.82, 2.24) is 4.98 Å². The lowest BCUT2D eigenvalue weighted by Gasteiger charge is -2.09. The average molecular weight is 319 g/mol. The van der Waals surface area contributed by atoms with Gasteiger partial charge < -0.3 is 0 Å². The Morgan fingerprint density at radius 1 is 1.00 bits per heavy atom.